The Labute approximate surface area is 114 Å². The van der Waals surface area contributed by atoms with Crippen molar-refractivity contribution in [3.63, 3.8) is 0 Å². The van der Waals surface area contributed by atoms with Crippen LogP contribution >= 0.6 is 11.6 Å². The molecule has 1 aromatic carbocycles. The molecule has 1 aromatic rings. The van der Waals surface area contributed by atoms with Crippen molar-refractivity contribution in [2.45, 2.75) is 32.6 Å². The molecule has 2 rings (SSSR count). The van der Waals surface area contributed by atoms with Crippen molar-refractivity contribution in [3.05, 3.63) is 23.8 Å². The van der Waals surface area contributed by atoms with E-state index in [4.69, 9.17) is 21.1 Å². The molecule has 3 heteroatoms. The van der Waals surface area contributed by atoms with Gasteiger partial charge in [0.25, 0.3) is 0 Å². The minimum absolute atomic E-state index is 0.0151. The highest BCUT2D eigenvalue weighted by molar-refractivity contribution is 6.28. The van der Waals surface area contributed by atoms with Crippen molar-refractivity contribution in [2.24, 2.45) is 10.8 Å². The fraction of sp³-hybridized carbons (Fsp3) is 0.600. The molecule has 0 aromatic heterocycles. The fourth-order valence-electron chi connectivity index (χ4n) is 3.08. The molecule has 0 atom stereocenters. The highest BCUT2D eigenvalue weighted by Gasteiger charge is 2.78. The van der Waals surface area contributed by atoms with Crippen molar-refractivity contribution >= 4 is 11.6 Å². The molecule has 2 nitrogen and oxygen atoms in total. The lowest BCUT2D eigenvalue weighted by molar-refractivity contribution is 0.349. The first-order chi connectivity index (χ1) is 8.25. The van der Waals surface area contributed by atoms with Crippen LogP contribution in [0.5, 0.6) is 11.5 Å². The average molecular weight is 269 g/mol. The molecular weight excluding hydrogens is 248 g/mol. The Morgan fingerprint density at radius 3 is 1.89 bits per heavy atom. The zero-order chi connectivity index (χ0) is 13.8. The van der Waals surface area contributed by atoms with Gasteiger partial charge in [0.1, 0.15) is 0 Å². The number of hydrogen-bond donors (Lipinski definition) is 0. The van der Waals surface area contributed by atoms with Gasteiger partial charge < -0.3 is 9.47 Å². The van der Waals surface area contributed by atoms with Crippen molar-refractivity contribution < 1.29 is 9.47 Å². The van der Waals surface area contributed by atoms with Crippen molar-refractivity contribution in [1.29, 1.82) is 0 Å². The van der Waals surface area contributed by atoms with Crippen LogP contribution in [-0.2, 0) is 4.87 Å². The lowest BCUT2D eigenvalue weighted by atomic mass is 10.0. The zero-order valence-electron chi connectivity index (χ0n) is 11.9. The number of halogens is 1. The topological polar surface area (TPSA) is 18.5 Å². The van der Waals surface area contributed by atoms with Crippen molar-refractivity contribution in [3.8, 4) is 11.5 Å². The van der Waals surface area contributed by atoms with Gasteiger partial charge in [0.15, 0.2) is 11.5 Å². The molecule has 0 heterocycles. The molecule has 1 aliphatic rings. The maximum atomic E-state index is 6.93. The van der Waals surface area contributed by atoms with Gasteiger partial charge in [-0.05, 0) is 16.9 Å². The molecule has 0 amide bonds. The molecule has 0 bridgehead atoms. The Morgan fingerprint density at radius 1 is 0.944 bits per heavy atom. The van der Waals surface area contributed by atoms with Crippen LogP contribution < -0.4 is 9.47 Å². The zero-order valence-corrected chi connectivity index (χ0v) is 12.7. The van der Waals surface area contributed by atoms with Crippen molar-refractivity contribution in [2.75, 3.05) is 14.2 Å². The quantitative estimate of drug-likeness (QED) is 0.765. The van der Waals surface area contributed by atoms with Crippen LogP contribution in [0.25, 0.3) is 0 Å². The molecule has 0 N–H and O–H groups in total. The molecule has 0 aliphatic heterocycles. The number of rotatable bonds is 3. The van der Waals surface area contributed by atoms with Crippen LogP contribution in [0.2, 0.25) is 0 Å². The number of para-hydroxylation sites is 1. The van der Waals surface area contributed by atoms with E-state index in [1.54, 1.807) is 14.2 Å². The van der Waals surface area contributed by atoms with E-state index in [2.05, 4.69) is 27.7 Å². The number of ether oxygens (including phenoxy) is 2. The van der Waals surface area contributed by atoms with Gasteiger partial charge in [-0.1, -0.05) is 39.8 Å². The fourth-order valence-corrected chi connectivity index (χ4v) is 3.65. The highest BCUT2D eigenvalue weighted by atomic mass is 35.5. The Balaban J connectivity index is 2.61. The van der Waals surface area contributed by atoms with Gasteiger partial charge in [-0.3, -0.25) is 0 Å². The smallest absolute Gasteiger partial charge is 0.165 e. The molecule has 0 unspecified atom stereocenters. The van der Waals surface area contributed by atoms with Gasteiger partial charge in [-0.15, -0.1) is 11.6 Å². The first kappa shape index (κ1) is 13.5. The second kappa shape index (κ2) is 3.80. The summed E-state index contributed by atoms with van der Waals surface area (Å²) in [4.78, 5) is -0.417. The summed E-state index contributed by atoms with van der Waals surface area (Å²) in [5.41, 5.74) is 1.04. The predicted molar refractivity (Wildman–Crippen MR) is 74.6 cm³/mol. The Bertz CT molecular complexity index is 463. The molecule has 1 aliphatic carbocycles. The maximum Gasteiger partial charge on any atom is 0.165 e. The van der Waals surface area contributed by atoms with E-state index < -0.39 is 4.87 Å². The molecule has 1 fully saturated rings. The highest BCUT2D eigenvalue weighted by Crippen LogP contribution is 2.81. The Morgan fingerprint density at radius 2 is 1.50 bits per heavy atom. The summed E-state index contributed by atoms with van der Waals surface area (Å²) >= 11 is 6.93. The monoisotopic (exact) mass is 268 g/mol. The normalized spacial score (nSPS) is 22.4. The summed E-state index contributed by atoms with van der Waals surface area (Å²) in [6, 6.07) is 5.89. The second-order valence-corrected chi connectivity index (χ2v) is 6.52. The summed E-state index contributed by atoms with van der Waals surface area (Å²) in [7, 11) is 3.30. The number of alkyl halides is 1. The van der Waals surface area contributed by atoms with Gasteiger partial charge in [0.2, 0.25) is 0 Å². The summed E-state index contributed by atoms with van der Waals surface area (Å²) in [5, 5.41) is 0. The van der Waals surface area contributed by atoms with E-state index >= 15 is 0 Å². The first-order valence-corrected chi connectivity index (χ1v) is 6.54. The number of benzene rings is 1. The summed E-state index contributed by atoms with van der Waals surface area (Å²) in [6.45, 7) is 8.77. The van der Waals surface area contributed by atoms with Gasteiger partial charge in [-0.25, -0.2) is 0 Å². The maximum absolute atomic E-state index is 6.93. The molecule has 100 valence electrons. The van der Waals surface area contributed by atoms with Crippen molar-refractivity contribution in [1.82, 2.24) is 0 Å². The number of methoxy groups -OCH3 is 2. The van der Waals surface area contributed by atoms with Gasteiger partial charge in [0.05, 0.1) is 19.1 Å². The Kier molecular flexibility index (Phi) is 2.86. The lowest BCUT2D eigenvalue weighted by Crippen LogP contribution is -2.10. The summed E-state index contributed by atoms with van der Waals surface area (Å²) in [6.07, 6.45) is 0. The molecular formula is C15H21ClO2. The second-order valence-electron chi connectivity index (χ2n) is 5.95. The first-order valence-electron chi connectivity index (χ1n) is 6.16. The van der Waals surface area contributed by atoms with E-state index in [1.807, 2.05) is 18.2 Å². The minimum Gasteiger partial charge on any atom is -0.493 e. The SMILES string of the molecule is COc1cccc(C2(Cl)C(C)(C)C2(C)C)c1OC. The molecule has 1 saturated carbocycles. The van der Waals surface area contributed by atoms with Crippen LogP contribution in [-0.4, -0.2) is 14.2 Å². The third-order valence-corrected chi connectivity index (χ3v) is 6.15. The summed E-state index contributed by atoms with van der Waals surface area (Å²) < 4.78 is 10.9. The Hall–Kier alpha value is -0.890. The third-order valence-electron chi connectivity index (χ3n) is 5.00. The molecule has 0 radical (unpaired) electrons. The van der Waals surface area contributed by atoms with Gasteiger partial charge in [0, 0.05) is 5.56 Å². The van der Waals surface area contributed by atoms with E-state index in [-0.39, 0.29) is 10.8 Å². The van der Waals surface area contributed by atoms with E-state index in [9.17, 15) is 0 Å². The predicted octanol–water partition coefficient (Wildman–Crippen LogP) is 4.20. The van der Waals surface area contributed by atoms with Crippen LogP contribution in [0.4, 0.5) is 0 Å². The van der Waals surface area contributed by atoms with Crippen LogP contribution in [0.15, 0.2) is 18.2 Å². The van der Waals surface area contributed by atoms with E-state index in [1.165, 1.54) is 0 Å². The molecule has 0 spiro atoms. The standard InChI is InChI=1S/C15H21ClO2/c1-13(2)14(3,4)15(13,16)10-8-7-9-11(17-5)12(10)18-6/h7-9H,1-6H3. The van der Waals surface area contributed by atoms with Gasteiger partial charge >= 0.3 is 0 Å². The van der Waals surface area contributed by atoms with E-state index in [0.29, 0.717) is 0 Å². The van der Waals surface area contributed by atoms with E-state index in [0.717, 1.165) is 17.1 Å². The van der Waals surface area contributed by atoms with Crippen LogP contribution in [0.1, 0.15) is 33.3 Å². The van der Waals surface area contributed by atoms with Crippen LogP contribution in [0.3, 0.4) is 0 Å². The summed E-state index contributed by atoms with van der Waals surface area (Å²) in [5.74, 6) is 1.47. The lowest BCUT2D eigenvalue weighted by Gasteiger charge is -2.19. The number of hydrogen-bond acceptors (Lipinski definition) is 2. The largest absolute Gasteiger partial charge is 0.493 e. The van der Waals surface area contributed by atoms with Gasteiger partial charge in [-0.2, -0.15) is 0 Å². The molecule has 0 saturated heterocycles. The minimum atomic E-state index is -0.417. The third kappa shape index (κ3) is 1.30. The average Bonchev–Trinajstić information content (AvgIpc) is 2.66. The molecule has 18 heavy (non-hydrogen) atoms. The van der Waals surface area contributed by atoms with Crippen LogP contribution in [0, 0.1) is 10.8 Å².